The zero-order chi connectivity index (χ0) is 11.4. The molecule has 4 heteroatoms. The Hall–Kier alpha value is -2.10. The van der Waals surface area contributed by atoms with E-state index in [0.717, 1.165) is 24.2 Å². The SMILES string of the molecule is O=C(O)c1ccc(CCc2ncc[nH]2)cc1. The molecule has 0 aliphatic carbocycles. The first-order chi connectivity index (χ1) is 7.75. The second-order valence-corrected chi connectivity index (χ2v) is 3.54. The molecule has 0 amide bonds. The van der Waals surface area contributed by atoms with E-state index in [9.17, 15) is 4.79 Å². The molecule has 1 aromatic carbocycles. The van der Waals surface area contributed by atoms with Gasteiger partial charge in [-0.1, -0.05) is 12.1 Å². The van der Waals surface area contributed by atoms with Crippen molar-refractivity contribution in [2.45, 2.75) is 12.8 Å². The first-order valence-corrected chi connectivity index (χ1v) is 5.06. The number of hydrogen-bond donors (Lipinski definition) is 2. The third-order valence-electron chi connectivity index (χ3n) is 2.41. The lowest BCUT2D eigenvalue weighted by Crippen LogP contribution is -1.97. The van der Waals surface area contributed by atoms with Crippen LogP contribution in [-0.2, 0) is 12.8 Å². The lowest BCUT2D eigenvalue weighted by Gasteiger charge is -2.00. The highest BCUT2D eigenvalue weighted by atomic mass is 16.4. The highest BCUT2D eigenvalue weighted by molar-refractivity contribution is 5.87. The van der Waals surface area contributed by atoms with Crippen molar-refractivity contribution in [2.24, 2.45) is 0 Å². The molecule has 16 heavy (non-hydrogen) atoms. The fraction of sp³-hybridized carbons (Fsp3) is 0.167. The first-order valence-electron chi connectivity index (χ1n) is 5.06. The lowest BCUT2D eigenvalue weighted by atomic mass is 10.1. The highest BCUT2D eigenvalue weighted by Gasteiger charge is 2.02. The number of aromatic carboxylic acids is 1. The van der Waals surface area contributed by atoms with E-state index < -0.39 is 5.97 Å². The normalized spacial score (nSPS) is 10.2. The van der Waals surface area contributed by atoms with E-state index in [-0.39, 0.29) is 0 Å². The average molecular weight is 216 g/mol. The van der Waals surface area contributed by atoms with Gasteiger partial charge in [0.2, 0.25) is 0 Å². The first kappa shape index (κ1) is 10.4. The number of H-pyrrole nitrogens is 1. The summed E-state index contributed by atoms with van der Waals surface area (Å²) in [5, 5.41) is 8.74. The van der Waals surface area contributed by atoms with Crippen LogP contribution >= 0.6 is 0 Å². The Kier molecular flexibility index (Phi) is 3.00. The number of imidazole rings is 1. The van der Waals surface area contributed by atoms with E-state index in [1.54, 1.807) is 24.5 Å². The van der Waals surface area contributed by atoms with Crippen molar-refractivity contribution in [2.75, 3.05) is 0 Å². The van der Waals surface area contributed by atoms with Crippen molar-refractivity contribution in [1.82, 2.24) is 9.97 Å². The van der Waals surface area contributed by atoms with E-state index in [1.165, 1.54) is 0 Å². The van der Waals surface area contributed by atoms with E-state index in [2.05, 4.69) is 9.97 Å². The standard InChI is InChI=1S/C12H12N2O2/c15-12(16)10-4-1-9(2-5-10)3-6-11-13-7-8-14-11/h1-2,4-5,7-8H,3,6H2,(H,13,14)(H,15,16). The Morgan fingerprint density at radius 2 is 2.00 bits per heavy atom. The molecule has 1 aromatic heterocycles. The second kappa shape index (κ2) is 4.61. The Balaban J connectivity index is 1.98. The Bertz CT molecular complexity index is 460. The van der Waals surface area contributed by atoms with Crippen molar-refractivity contribution in [3.05, 3.63) is 53.6 Å². The van der Waals surface area contributed by atoms with E-state index in [1.807, 2.05) is 12.1 Å². The maximum atomic E-state index is 10.6. The fourth-order valence-corrected chi connectivity index (χ4v) is 1.51. The molecule has 0 aliphatic heterocycles. The van der Waals surface area contributed by atoms with Crippen LogP contribution < -0.4 is 0 Å². The van der Waals surface area contributed by atoms with Crippen LogP contribution in [0.5, 0.6) is 0 Å². The molecule has 4 nitrogen and oxygen atoms in total. The molecule has 2 rings (SSSR count). The number of rotatable bonds is 4. The van der Waals surface area contributed by atoms with Gasteiger partial charge in [0.05, 0.1) is 5.56 Å². The number of carboxylic acid groups (broad SMARTS) is 1. The van der Waals surface area contributed by atoms with Crippen molar-refractivity contribution < 1.29 is 9.90 Å². The molecule has 0 spiro atoms. The van der Waals surface area contributed by atoms with Crippen LogP contribution in [0, 0.1) is 0 Å². The molecule has 0 fully saturated rings. The van der Waals surface area contributed by atoms with Gasteiger partial charge < -0.3 is 10.1 Å². The predicted octanol–water partition coefficient (Wildman–Crippen LogP) is 1.89. The minimum absolute atomic E-state index is 0.321. The van der Waals surface area contributed by atoms with Gasteiger partial charge in [-0.15, -0.1) is 0 Å². The molecule has 0 radical (unpaired) electrons. The summed E-state index contributed by atoms with van der Waals surface area (Å²) in [5.41, 5.74) is 1.43. The number of carbonyl (C=O) groups is 1. The Morgan fingerprint density at radius 1 is 1.25 bits per heavy atom. The Morgan fingerprint density at radius 3 is 2.56 bits per heavy atom. The van der Waals surface area contributed by atoms with Crippen molar-refractivity contribution in [1.29, 1.82) is 0 Å². The molecule has 0 saturated heterocycles. The molecule has 0 saturated carbocycles. The molecule has 82 valence electrons. The number of hydrogen-bond acceptors (Lipinski definition) is 2. The summed E-state index contributed by atoms with van der Waals surface area (Å²) in [7, 11) is 0. The number of aromatic nitrogens is 2. The number of aromatic amines is 1. The van der Waals surface area contributed by atoms with Gasteiger partial charge in [-0.05, 0) is 24.1 Å². The minimum Gasteiger partial charge on any atom is -0.478 e. The van der Waals surface area contributed by atoms with Gasteiger partial charge in [-0.3, -0.25) is 0 Å². The number of carboxylic acids is 1. The minimum atomic E-state index is -0.891. The van der Waals surface area contributed by atoms with Crippen LogP contribution in [0.15, 0.2) is 36.7 Å². The molecule has 2 aromatic rings. The van der Waals surface area contributed by atoms with Gasteiger partial charge in [-0.2, -0.15) is 0 Å². The van der Waals surface area contributed by atoms with Gasteiger partial charge in [0.15, 0.2) is 0 Å². The van der Waals surface area contributed by atoms with Crippen LogP contribution in [0.4, 0.5) is 0 Å². The zero-order valence-corrected chi connectivity index (χ0v) is 8.68. The molecular formula is C12H12N2O2. The number of nitrogens with one attached hydrogen (secondary N) is 1. The van der Waals surface area contributed by atoms with Gasteiger partial charge in [0, 0.05) is 18.8 Å². The number of benzene rings is 1. The summed E-state index contributed by atoms with van der Waals surface area (Å²) in [6.07, 6.45) is 5.21. The topological polar surface area (TPSA) is 66.0 Å². The second-order valence-electron chi connectivity index (χ2n) is 3.54. The lowest BCUT2D eigenvalue weighted by molar-refractivity contribution is 0.0697. The molecule has 0 aliphatic rings. The van der Waals surface area contributed by atoms with Crippen molar-refractivity contribution in [3.63, 3.8) is 0 Å². The third-order valence-corrected chi connectivity index (χ3v) is 2.41. The third kappa shape index (κ3) is 2.48. The van der Waals surface area contributed by atoms with Crippen LogP contribution in [0.2, 0.25) is 0 Å². The molecule has 2 N–H and O–H groups in total. The smallest absolute Gasteiger partial charge is 0.335 e. The highest BCUT2D eigenvalue weighted by Crippen LogP contribution is 2.07. The van der Waals surface area contributed by atoms with Gasteiger partial charge in [-0.25, -0.2) is 9.78 Å². The Labute approximate surface area is 93.0 Å². The van der Waals surface area contributed by atoms with Crippen LogP contribution in [0.25, 0.3) is 0 Å². The predicted molar refractivity (Wildman–Crippen MR) is 59.4 cm³/mol. The summed E-state index contributed by atoms with van der Waals surface area (Å²) in [6.45, 7) is 0. The summed E-state index contributed by atoms with van der Waals surface area (Å²) in [5.74, 6) is 0.0555. The van der Waals surface area contributed by atoms with Crippen LogP contribution in [-0.4, -0.2) is 21.0 Å². The largest absolute Gasteiger partial charge is 0.478 e. The van der Waals surface area contributed by atoms with Crippen molar-refractivity contribution in [3.8, 4) is 0 Å². The summed E-state index contributed by atoms with van der Waals surface area (Å²) in [4.78, 5) is 17.8. The quantitative estimate of drug-likeness (QED) is 0.820. The van der Waals surface area contributed by atoms with Crippen molar-refractivity contribution >= 4 is 5.97 Å². The molecule has 1 heterocycles. The van der Waals surface area contributed by atoms with E-state index >= 15 is 0 Å². The molecule has 0 bridgehead atoms. The van der Waals surface area contributed by atoms with E-state index in [4.69, 9.17) is 5.11 Å². The fourth-order valence-electron chi connectivity index (χ4n) is 1.51. The zero-order valence-electron chi connectivity index (χ0n) is 8.68. The van der Waals surface area contributed by atoms with Gasteiger partial charge in [0.1, 0.15) is 5.82 Å². The average Bonchev–Trinajstić information content (AvgIpc) is 2.80. The maximum absolute atomic E-state index is 10.6. The molecule has 0 unspecified atom stereocenters. The van der Waals surface area contributed by atoms with Gasteiger partial charge in [0.25, 0.3) is 0 Å². The van der Waals surface area contributed by atoms with Crippen LogP contribution in [0.1, 0.15) is 21.7 Å². The van der Waals surface area contributed by atoms with E-state index in [0.29, 0.717) is 5.56 Å². The molecule has 0 atom stereocenters. The molecular weight excluding hydrogens is 204 g/mol. The summed E-state index contributed by atoms with van der Waals surface area (Å²) >= 11 is 0. The summed E-state index contributed by atoms with van der Waals surface area (Å²) < 4.78 is 0. The van der Waals surface area contributed by atoms with Gasteiger partial charge >= 0.3 is 5.97 Å². The summed E-state index contributed by atoms with van der Waals surface area (Å²) in [6, 6.07) is 6.93. The monoisotopic (exact) mass is 216 g/mol. The maximum Gasteiger partial charge on any atom is 0.335 e. The van der Waals surface area contributed by atoms with Crippen LogP contribution in [0.3, 0.4) is 0 Å². The number of nitrogens with zero attached hydrogens (tertiary/aromatic N) is 1. The number of aryl methyl sites for hydroxylation is 2.